The number of hydrogen-bond donors (Lipinski definition) is 1. The summed E-state index contributed by atoms with van der Waals surface area (Å²) in [5.74, 6) is 0.0550. The van der Waals surface area contributed by atoms with Crippen molar-refractivity contribution in [3.8, 4) is 6.07 Å². The molecule has 0 aromatic heterocycles. The van der Waals surface area contributed by atoms with Crippen LogP contribution in [0.5, 0.6) is 0 Å². The van der Waals surface area contributed by atoms with E-state index in [0.717, 1.165) is 6.07 Å². The van der Waals surface area contributed by atoms with E-state index in [2.05, 4.69) is 5.32 Å². The number of nitriles is 1. The van der Waals surface area contributed by atoms with E-state index in [-0.39, 0.29) is 17.4 Å². The van der Waals surface area contributed by atoms with Crippen LogP contribution >= 0.6 is 0 Å². The highest BCUT2D eigenvalue weighted by atomic mass is 19.4. The molecule has 170 valence electrons. The standard InChI is InChI=1S/C21H27F3N4O3/c1-30-8-6-26-19(29)27-7-5-20(14-31-2)13-28(12-16(20)11-27)17-4-3-15(10-25)18(9-17)21(22,23)24/h3-4,9,16H,5-8,11-14H2,1-2H3,(H,26,29)/t16-,20+/m1/s1. The molecule has 0 spiro atoms. The van der Waals surface area contributed by atoms with Gasteiger partial charge in [-0.2, -0.15) is 18.4 Å². The topological polar surface area (TPSA) is 77.8 Å². The van der Waals surface area contributed by atoms with Gasteiger partial charge in [0.2, 0.25) is 0 Å². The Morgan fingerprint density at radius 2 is 2.10 bits per heavy atom. The van der Waals surface area contributed by atoms with Gasteiger partial charge in [-0.1, -0.05) is 0 Å². The lowest BCUT2D eigenvalue weighted by molar-refractivity contribution is -0.137. The number of likely N-dealkylation sites (tertiary alicyclic amines) is 1. The van der Waals surface area contributed by atoms with E-state index in [4.69, 9.17) is 14.7 Å². The smallest absolute Gasteiger partial charge is 0.384 e. The molecular formula is C21H27F3N4O3. The monoisotopic (exact) mass is 440 g/mol. The van der Waals surface area contributed by atoms with Crippen molar-refractivity contribution >= 4 is 11.7 Å². The molecule has 2 heterocycles. The van der Waals surface area contributed by atoms with Crippen molar-refractivity contribution in [3.05, 3.63) is 29.3 Å². The number of urea groups is 1. The Kier molecular flexibility index (Phi) is 6.96. The summed E-state index contributed by atoms with van der Waals surface area (Å²) in [4.78, 5) is 16.1. The number of nitrogens with one attached hydrogen (secondary N) is 1. The zero-order valence-electron chi connectivity index (χ0n) is 17.7. The van der Waals surface area contributed by atoms with E-state index >= 15 is 0 Å². The second kappa shape index (κ2) is 9.32. The second-order valence-electron chi connectivity index (χ2n) is 8.13. The van der Waals surface area contributed by atoms with Gasteiger partial charge in [-0.05, 0) is 24.6 Å². The maximum Gasteiger partial charge on any atom is 0.417 e. The number of hydrogen-bond acceptors (Lipinski definition) is 5. The predicted octanol–water partition coefficient (Wildman–Crippen LogP) is 2.71. The number of rotatable bonds is 6. The van der Waals surface area contributed by atoms with Crippen molar-refractivity contribution in [2.45, 2.75) is 12.6 Å². The van der Waals surface area contributed by atoms with E-state index in [1.807, 2.05) is 4.90 Å². The minimum atomic E-state index is -4.60. The maximum atomic E-state index is 13.4. The molecule has 31 heavy (non-hydrogen) atoms. The van der Waals surface area contributed by atoms with Gasteiger partial charge in [0, 0.05) is 64.0 Å². The summed E-state index contributed by atoms with van der Waals surface area (Å²) in [7, 11) is 3.17. The van der Waals surface area contributed by atoms with Gasteiger partial charge in [0.05, 0.1) is 30.4 Å². The van der Waals surface area contributed by atoms with Crippen molar-refractivity contribution in [1.82, 2.24) is 10.2 Å². The first-order valence-corrected chi connectivity index (χ1v) is 10.1. The van der Waals surface area contributed by atoms with E-state index in [1.54, 1.807) is 31.3 Å². The van der Waals surface area contributed by atoms with Gasteiger partial charge >= 0.3 is 12.2 Å². The number of nitrogens with zero attached hydrogens (tertiary/aromatic N) is 3. The molecular weight excluding hydrogens is 413 g/mol. The SMILES string of the molecule is COCCNC(=O)N1CC[C@@]2(COC)CN(c3ccc(C#N)c(C(F)(F)F)c3)C[C@H]2C1. The van der Waals surface area contributed by atoms with Gasteiger partial charge in [-0.3, -0.25) is 0 Å². The summed E-state index contributed by atoms with van der Waals surface area (Å²) >= 11 is 0. The summed E-state index contributed by atoms with van der Waals surface area (Å²) in [6, 6.07) is 5.28. The lowest BCUT2D eigenvalue weighted by Gasteiger charge is -2.42. The Morgan fingerprint density at radius 1 is 1.32 bits per heavy atom. The molecule has 2 fully saturated rings. The highest BCUT2D eigenvalue weighted by molar-refractivity contribution is 5.74. The molecule has 2 aliphatic heterocycles. The summed E-state index contributed by atoms with van der Waals surface area (Å²) in [6.07, 6.45) is -3.91. The molecule has 0 saturated carbocycles. The summed E-state index contributed by atoms with van der Waals surface area (Å²) in [5.41, 5.74) is -1.14. The van der Waals surface area contributed by atoms with Crippen LogP contribution in [0.15, 0.2) is 18.2 Å². The molecule has 1 aromatic rings. The molecule has 0 bridgehead atoms. The van der Waals surface area contributed by atoms with Crippen LogP contribution in [0, 0.1) is 22.7 Å². The molecule has 2 aliphatic rings. The average Bonchev–Trinajstić information content (AvgIpc) is 3.11. The van der Waals surface area contributed by atoms with Gasteiger partial charge in [0.15, 0.2) is 0 Å². The zero-order valence-corrected chi connectivity index (χ0v) is 17.7. The molecule has 3 rings (SSSR count). The number of amides is 2. The Morgan fingerprint density at radius 3 is 2.74 bits per heavy atom. The molecule has 0 aliphatic carbocycles. The number of anilines is 1. The fourth-order valence-electron chi connectivity index (χ4n) is 4.62. The van der Waals surface area contributed by atoms with Crippen molar-refractivity contribution in [2.75, 3.05) is 65.1 Å². The third kappa shape index (κ3) is 4.88. The number of carbonyl (C=O) groups is 1. The predicted molar refractivity (Wildman–Crippen MR) is 108 cm³/mol. The quantitative estimate of drug-likeness (QED) is 0.689. The normalized spacial score (nSPS) is 23.4. The van der Waals surface area contributed by atoms with Crippen LogP contribution in [0.2, 0.25) is 0 Å². The molecule has 2 saturated heterocycles. The third-order valence-electron chi connectivity index (χ3n) is 6.23. The van der Waals surface area contributed by atoms with E-state index in [9.17, 15) is 18.0 Å². The molecule has 1 aromatic carbocycles. The number of carbonyl (C=O) groups excluding carboxylic acids is 1. The highest BCUT2D eigenvalue weighted by Crippen LogP contribution is 2.45. The highest BCUT2D eigenvalue weighted by Gasteiger charge is 2.50. The number of benzene rings is 1. The van der Waals surface area contributed by atoms with E-state index in [1.165, 1.54) is 6.07 Å². The van der Waals surface area contributed by atoms with Crippen molar-refractivity contribution < 1.29 is 27.4 Å². The Labute approximate surface area is 179 Å². The number of ether oxygens (including phenoxy) is 2. The van der Waals surface area contributed by atoms with Crippen molar-refractivity contribution in [1.29, 1.82) is 5.26 Å². The molecule has 7 nitrogen and oxygen atoms in total. The molecule has 1 N–H and O–H groups in total. The van der Waals surface area contributed by atoms with Crippen molar-refractivity contribution in [3.63, 3.8) is 0 Å². The van der Waals surface area contributed by atoms with Gasteiger partial charge < -0.3 is 24.6 Å². The van der Waals surface area contributed by atoms with E-state index in [0.29, 0.717) is 58.0 Å². The van der Waals surface area contributed by atoms with Gasteiger partial charge in [0.1, 0.15) is 0 Å². The van der Waals surface area contributed by atoms with Gasteiger partial charge in [-0.15, -0.1) is 0 Å². The fraction of sp³-hybridized carbons (Fsp3) is 0.619. The first-order chi connectivity index (χ1) is 14.7. The van der Waals surface area contributed by atoms with Crippen LogP contribution in [0.1, 0.15) is 17.5 Å². The summed E-state index contributed by atoms with van der Waals surface area (Å²) in [5, 5.41) is 11.9. The van der Waals surface area contributed by atoms with Crippen LogP contribution in [-0.4, -0.2) is 71.1 Å². The summed E-state index contributed by atoms with van der Waals surface area (Å²) in [6.45, 7) is 3.40. The number of methoxy groups -OCH3 is 2. The lowest BCUT2D eigenvalue weighted by atomic mass is 9.73. The summed E-state index contributed by atoms with van der Waals surface area (Å²) < 4.78 is 50.7. The Hall–Kier alpha value is -2.51. The van der Waals surface area contributed by atoms with Gasteiger partial charge in [0.25, 0.3) is 0 Å². The van der Waals surface area contributed by atoms with Crippen LogP contribution in [0.4, 0.5) is 23.7 Å². The third-order valence-corrected chi connectivity index (χ3v) is 6.23. The first kappa shape index (κ1) is 23.2. The molecule has 0 unspecified atom stereocenters. The average molecular weight is 440 g/mol. The number of halogens is 3. The number of fused-ring (bicyclic) bond motifs is 1. The van der Waals surface area contributed by atoms with Gasteiger partial charge in [-0.25, -0.2) is 4.79 Å². The van der Waals surface area contributed by atoms with Crippen LogP contribution in [0.25, 0.3) is 0 Å². The molecule has 2 amide bonds. The van der Waals surface area contributed by atoms with Crippen LogP contribution in [0.3, 0.4) is 0 Å². The van der Waals surface area contributed by atoms with E-state index < -0.39 is 17.3 Å². The fourth-order valence-corrected chi connectivity index (χ4v) is 4.62. The minimum Gasteiger partial charge on any atom is -0.384 e. The lowest BCUT2D eigenvalue weighted by Crippen LogP contribution is -2.53. The van der Waals surface area contributed by atoms with Crippen LogP contribution in [-0.2, 0) is 15.7 Å². The molecule has 2 atom stereocenters. The maximum absolute atomic E-state index is 13.4. The zero-order chi connectivity index (χ0) is 22.6. The molecule has 0 radical (unpaired) electrons. The Balaban J connectivity index is 1.80. The molecule has 10 heteroatoms. The van der Waals surface area contributed by atoms with Crippen molar-refractivity contribution in [2.24, 2.45) is 11.3 Å². The minimum absolute atomic E-state index is 0.0550. The second-order valence-corrected chi connectivity index (χ2v) is 8.13. The van der Waals surface area contributed by atoms with Crippen LogP contribution < -0.4 is 10.2 Å². The largest absolute Gasteiger partial charge is 0.417 e. The Bertz CT molecular complexity index is 842. The number of piperidine rings is 1. The first-order valence-electron chi connectivity index (χ1n) is 10.1. The number of alkyl halides is 3.